The van der Waals surface area contributed by atoms with Gasteiger partial charge in [-0.15, -0.1) is 0 Å². The number of anilines is 1. The van der Waals surface area contributed by atoms with Crippen LogP contribution in [-0.4, -0.2) is 43.6 Å². The summed E-state index contributed by atoms with van der Waals surface area (Å²) in [6.07, 6.45) is 0.700. The number of rotatable bonds is 6. The molecule has 3 aromatic rings. The van der Waals surface area contributed by atoms with Crippen LogP contribution in [0, 0.1) is 11.7 Å². The summed E-state index contributed by atoms with van der Waals surface area (Å²) in [6.45, 7) is 3.75. The Labute approximate surface area is 200 Å². The van der Waals surface area contributed by atoms with Gasteiger partial charge in [-0.25, -0.2) is 4.39 Å². The van der Waals surface area contributed by atoms with Crippen molar-refractivity contribution in [1.82, 2.24) is 10.2 Å². The number of carbonyl (C=O) groups excluding carboxylic acids is 1. The highest BCUT2D eigenvalue weighted by atomic mass is 19.1. The van der Waals surface area contributed by atoms with Crippen LogP contribution in [0.25, 0.3) is 0 Å². The van der Waals surface area contributed by atoms with Crippen LogP contribution in [0.2, 0.25) is 0 Å². The van der Waals surface area contributed by atoms with Crippen molar-refractivity contribution in [2.75, 3.05) is 31.6 Å². The first-order valence-electron chi connectivity index (χ1n) is 11.8. The molecular formula is C28H30FN3O2. The van der Waals surface area contributed by atoms with E-state index in [1.807, 2.05) is 48.5 Å². The topological polar surface area (TPSA) is 44.8 Å². The third kappa shape index (κ3) is 4.77. The molecule has 0 aromatic heterocycles. The van der Waals surface area contributed by atoms with Crippen molar-refractivity contribution in [3.8, 4) is 5.75 Å². The molecule has 5 nitrogen and oxygen atoms in total. The van der Waals surface area contributed by atoms with Crippen molar-refractivity contribution in [3.63, 3.8) is 0 Å². The van der Waals surface area contributed by atoms with Gasteiger partial charge >= 0.3 is 0 Å². The van der Waals surface area contributed by atoms with Crippen LogP contribution in [-0.2, 0) is 24.3 Å². The molecule has 1 fully saturated rings. The largest absolute Gasteiger partial charge is 0.497 e. The predicted molar refractivity (Wildman–Crippen MR) is 131 cm³/mol. The summed E-state index contributed by atoms with van der Waals surface area (Å²) in [6, 6.07) is 22.9. The number of ether oxygens (including phenoxy) is 1. The lowest BCUT2D eigenvalue weighted by Gasteiger charge is -2.49. The van der Waals surface area contributed by atoms with Crippen LogP contribution in [0.1, 0.15) is 16.7 Å². The fourth-order valence-electron chi connectivity index (χ4n) is 5.17. The molecule has 2 atom stereocenters. The first-order valence-corrected chi connectivity index (χ1v) is 11.8. The summed E-state index contributed by atoms with van der Waals surface area (Å²) in [7, 11) is 1.68. The van der Waals surface area contributed by atoms with Crippen LogP contribution >= 0.6 is 0 Å². The van der Waals surface area contributed by atoms with Gasteiger partial charge in [0.1, 0.15) is 11.6 Å². The molecule has 1 saturated heterocycles. The molecule has 6 heteroatoms. The molecule has 2 heterocycles. The van der Waals surface area contributed by atoms with Crippen molar-refractivity contribution in [2.24, 2.45) is 5.92 Å². The van der Waals surface area contributed by atoms with Gasteiger partial charge in [-0.1, -0.05) is 48.5 Å². The second-order valence-electron chi connectivity index (χ2n) is 9.13. The lowest BCUT2D eigenvalue weighted by molar-refractivity contribution is -0.126. The Morgan fingerprint density at radius 3 is 2.59 bits per heavy atom. The van der Waals surface area contributed by atoms with E-state index in [0.29, 0.717) is 13.0 Å². The Bertz CT molecular complexity index is 1140. The molecule has 5 rings (SSSR count). The van der Waals surface area contributed by atoms with E-state index in [9.17, 15) is 9.18 Å². The van der Waals surface area contributed by atoms with Gasteiger partial charge < -0.3 is 15.0 Å². The number of carbonyl (C=O) groups is 1. The molecule has 2 aliphatic rings. The van der Waals surface area contributed by atoms with E-state index in [0.717, 1.165) is 48.7 Å². The number of fused-ring (bicyclic) bond motifs is 3. The van der Waals surface area contributed by atoms with E-state index < -0.39 is 0 Å². The zero-order valence-corrected chi connectivity index (χ0v) is 19.4. The predicted octanol–water partition coefficient (Wildman–Crippen LogP) is 4.01. The fourth-order valence-corrected chi connectivity index (χ4v) is 5.17. The first-order chi connectivity index (χ1) is 16.6. The van der Waals surface area contributed by atoms with Gasteiger partial charge in [-0.2, -0.15) is 0 Å². The molecule has 0 radical (unpaired) electrons. The zero-order chi connectivity index (χ0) is 23.5. The maximum absolute atomic E-state index is 13.4. The standard InChI is InChI=1S/C28H30FN3O2/c1-34-24-12-9-22-15-25(28(33)30-17-20-5-3-2-4-6-20)27-19-31(13-14-32(27)26(22)16-24)18-21-7-10-23(29)11-8-21/h2-12,16,25,27H,13-15,17-19H2,1H3,(H,30,33)/t25-,27+/m0/s1. The Morgan fingerprint density at radius 2 is 1.82 bits per heavy atom. The summed E-state index contributed by atoms with van der Waals surface area (Å²) in [5.74, 6) is 0.546. The molecule has 3 aromatic carbocycles. The average Bonchev–Trinajstić information content (AvgIpc) is 2.88. The Morgan fingerprint density at radius 1 is 1.03 bits per heavy atom. The molecule has 2 aliphatic heterocycles. The van der Waals surface area contributed by atoms with Crippen LogP contribution in [0.4, 0.5) is 10.1 Å². The maximum atomic E-state index is 13.4. The minimum Gasteiger partial charge on any atom is -0.497 e. The van der Waals surface area contributed by atoms with Gasteiger partial charge in [0.2, 0.25) is 5.91 Å². The minimum absolute atomic E-state index is 0.0598. The fraction of sp³-hybridized carbons (Fsp3) is 0.321. The highest BCUT2D eigenvalue weighted by Gasteiger charge is 2.41. The third-order valence-corrected chi connectivity index (χ3v) is 6.97. The number of nitrogens with zero attached hydrogens (tertiary/aromatic N) is 2. The smallest absolute Gasteiger partial charge is 0.225 e. The monoisotopic (exact) mass is 459 g/mol. The van der Waals surface area contributed by atoms with Crippen LogP contribution in [0.15, 0.2) is 72.8 Å². The number of amides is 1. The Hall–Kier alpha value is -3.38. The van der Waals surface area contributed by atoms with Gasteiger partial charge in [0.25, 0.3) is 0 Å². The molecule has 176 valence electrons. The number of hydrogen-bond acceptors (Lipinski definition) is 4. The SMILES string of the molecule is COc1ccc2c(c1)N1CCN(Cc3ccc(F)cc3)C[C@@H]1[C@@H](C(=O)NCc1ccccc1)C2. The summed E-state index contributed by atoms with van der Waals surface area (Å²) in [4.78, 5) is 18.2. The lowest BCUT2D eigenvalue weighted by Crippen LogP contribution is -2.60. The molecule has 1 N–H and O–H groups in total. The highest BCUT2D eigenvalue weighted by molar-refractivity contribution is 5.82. The van der Waals surface area contributed by atoms with E-state index in [-0.39, 0.29) is 23.7 Å². The van der Waals surface area contributed by atoms with E-state index >= 15 is 0 Å². The number of piperazine rings is 1. The maximum Gasteiger partial charge on any atom is 0.225 e. The molecule has 0 unspecified atom stereocenters. The number of nitrogens with one attached hydrogen (secondary N) is 1. The van der Waals surface area contributed by atoms with Crippen LogP contribution in [0.5, 0.6) is 5.75 Å². The van der Waals surface area contributed by atoms with E-state index in [4.69, 9.17) is 4.74 Å². The average molecular weight is 460 g/mol. The number of hydrogen-bond donors (Lipinski definition) is 1. The normalized spacial score (nSPS) is 19.8. The second-order valence-corrected chi connectivity index (χ2v) is 9.13. The molecule has 0 spiro atoms. The Balaban J connectivity index is 1.37. The van der Waals surface area contributed by atoms with Gasteiger partial charge in [0.15, 0.2) is 0 Å². The van der Waals surface area contributed by atoms with Gasteiger partial charge in [-0.3, -0.25) is 9.69 Å². The quantitative estimate of drug-likeness (QED) is 0.605. The Kier molecular flexibility index (Phi) is 6.50. The molecule has 0 aliphatic carbocycles. The number of benzene rings is 3. The molecule has 34 heavy (non-hydrogen) atoms. The molecular weight excluding hydrogens is 429 g/mol. The van der Waals surface area contributed by atoms with Gasteiger partial charge in [0, 0.05) is 44.5 Å². The lowest BCUT2D eigenvalue weighted by atomic mass is 9.83. The van der Waals surface area contributed by atoms with Crippen molar-refractivity contribution < 1.29 is 13.9 Å². The van der Waals surface area contributed by atoms with E-state index in [1.54, 1.807) is 7.11 Å². The molecule has 0 bridgehead atoms. The summed E-state index contributed by atoms with van der Waals surface area (Å²) in [5.41, 5.74) is 4.52. The number of methoxy groups -OCH3 is 1. The third-order valence-electron chi connectivity index (χ3n) is 6.97. The summed E-state index contributed by atoms with van der Waals surface area (Å²) >= 11 is 0. The van der Waals surface area contributed by atoms with Crippen molar-refractivity contribution in [3.05, 3.63) is 95.3 Å². The zero-order valence-electron chi connectivity index (χ0n) is 19.4. The van der Waals surface area contributed by atoms with Gasteiger partial charge in [-0.05, 0) is 41.3 Å². The first kappa shape index (κ1) is 22.4. The second kappa shape index (κ2) is 9.85. The molecule has 1 amide bonds. The summed E-state index contributed by atoms with van der Waals surface area (Å²) in [5, 5.41) is 3.18. The van der Waals surface area contributed by atoms with Crippen molar-refractivity contribution >= 4 is 11.6 Å². The van der Waals surface area contributed by atoms with E-state index in [1.165, 1.54) is 17.7 Å². The van der Waals surface area contributed by atoms with E-state index in [2.05, 4.69) is 27.2 Å². The van der Waals surface area contributed by atoms with Crippen molar-refractivity contribution in [1.29, 1.82) is 0 Å². The summed E-state index contributed by atoms with van der Waals surface area (Å²) < 4.78 is 18.8. The highest BCUT2D eigenvalue weighted by Crippen LogP contribution is 2.38. The number of halogens is 1. The van der Waals surface area contributed by atoms with Gasteiger partial charge in [0.05, 0.1) is 19.1 Å². The van der Waals surface area contributed by atoms with Crippen molar-refractivity contribution in [2.45, 2.75) is 25.6 Å². The van der Waals surface area contributed by atoms with Crippen LogP contribution < -0.4 is 15.0 Å². The van der Waals surface area contributed by atoms with Crippen LogP contribution in [0.3, 0.4) is 0 Å². The minimum atomic E-state index is -0.221. The molecule has 0 saturated carbocycles.